The second-order valence-corrected chi connectivity index (χ2v) is 7.60. The highest BCUT2D eigenvalue weighted by Crippen LogP contribution is 2.36. The third kappa shape index (κ3) is 3.57. The molecule has 164 valence electrons. The van der Waals surface area contributed by atoms with Crippen LogP contribution in [0.4, 0.5) is 13.2 Å². The topological polar surface area (TPSA) is 64.2 Å². The molecule has 1 unspecified atom stereocenters. The van der Waals surface area contributed by atoms with E-state index in [4.69, 9.17) is 0 Å². The zero-order valence-corrected chi connectivity index (χ0v) is 17.3. The summed E-state index contributed by atoms with van der Waals surface area (Å²) in [7, 11) is 0. The molecular weight excluding hydrogens is 421 g/mol. The number of carbonyl (C=O) groups is 1. The van der Waals surface area contributed by atoms with Crippen molar-refractivity contribution in [1.29, 1.82) is 0 Å². The van der Waals surface area contributed by atoms with Gasteiger partial charge >= 0.3 is 5.97 Å². The van der Waals surface area contributed by atoms with E-state index in [0.717, 1.165) is 6.07 Å². The van der Waals surface area contributed by atoms with Crippen molar-refractivity contribution in [3.8, 4) is 11.1 Å². The number of hydrogen-bond acceptors (Lipinski definition) is 2. The third-order valence-corrected chi connectivity index (χ3v) is 5.60. The predicted octanol–water partition coefficient (Wildman–Crippen LogP) is 4.89. The lowest BCUT2D eigenvalue weighted by molar-refractivity contribution is -0.140. The Hall–Kier alpha value is -3.81. The van der Waals surface area contributed by atoms with Crippen molar-refractivity contribution in [2.24, 2.45) is 0 Å². The molecule has 0 saturated heterocycles. The molecule has 0 spiro atoms. The molecule has 0 fully saturated rings. The molecule has 8 heteroatoms. The summed E-state index contributed by atoms with van der Waals surface area (Å²) in [5, 5.41) is 10.0. The van der Waals surface area contributed by atoms with Gasteiger partial charge in [-0.25, -0.2) is 18.0 Å². The van der Waals surface area contributed by atoms with E-state index in [0.29, 0.717) is 27.7 Å². The number of aromatic nitrogens is 2. The normalized spacial score (nSPS) is 12.3. The first-order chi connectivity index (χ1) is 15.2. The fraction of sp³-hybridized carbons (Fsp3) is 0.167. The summed E-state index contributed by atoms with van der Waals surface area (Å²) in [4.78, 5) is 24.1. The van der Waals surface area contributed by atoms with Crippen LogP contribution in [0, 0.1) is 24.4 Å². The van der Waals surface area contributed by atoms with E-state index in [2.05, 4.69) is 0 Å². The van der Waals surface area contributed by atoms with Gasteiger partial charge in [0.25, 0.3) is 5.56 Å². The lowest BCUT2D eigenvalue weighted by Gasteiger charge is -2.14. The molecule has 0 aliphatic heterocycles. The van der Waals surface area contributed by atoms with Gasteiger partial charge in [0.05, 0.1) is 6.54 Å². The highest BCUT2D eigenvalue weighted by Gasteiger charge is 2.23. The summed E-state index contributed by atoms with van der Waals surface area (Å²) in [5.74, 6) is -3.58. The molecule has 1 atom stereocenters. The number of benzene rings is 2. The molecule has 0 bridgehead atoms. The van der Waals surface area contributed by atoms with E-state index in [1.807, 2.05) is 0 Å². The first-order valence-corrected chi connectivity index (χ1v) is 9.85. The molecule has 4 rings (SSSR count). The van der Waals surface area contributed by atoms with E-state index < -0.39 is 35.0 Å². The Balaban J connectivity index is 1.92. The Labute approximate surface area is 181 Å². The molecule has 0 saturated carbocycles. The Kier molecular flexibility index (Phi) is 5.38. The second-order valence-electron chi connectivity index (χ2n) is 7.60. The number of rotatable bonds is 5. The summed E-state index contributed by atoms with van der Waals surface area (Å²) in [6, 6.07) is 9.74. The van der Waals surface area contributed by atoms with Crippen LogP contribution >= 0.6 is 0 Å². The Morgan fingerprint density at radius 1 is 1.09 bits per heavy atom. The van der Waals surface area contributed by atoms with Crippen LogP contribution in [0.5, 0.6) is 0 Å². The van der Waals surface area contributed by atoms with Crippen LogP contribution in [0.1, 0.15) is 24.2 Å². The third-order valence-electron chi connectivity index (χ3n) is 5.60. The molecule has 0 aliphatic carbocycles. The molecule has 5 nitrogen and oxygen atoms in total. The molecular formula is C24H19F3N2O3. The molecule has 0 amide bonds. The average molecular weight is 440 g/mol. The van der Waals surface area contributed by atoms with Crippen molar-refractivity contribution >= 4 is 16.9 Å². The van der Waals surface area contributed by atoms with Crippen molar-refractivity contribution in [3.05, 3.63) is 93.8 Å². The van der Waals surface area contributed by atoms with Crippen molar-refractivity contribution in [3.63, 3.8) is 0 Å². The highest BCUT2D eigenvalue weighted by atomic mass is 19.2. The van der Waals surface area contributed by atoms with Crippen molar-refractivity contribution in [2.75, 3.05) is 0 Å². The number of nitrogens with zero attached hydrogens (tertiary/aromatic N) is 2. The highest BCUT2D eigenvalue weighted by molar-refractivity contribution is 5.99. The van der Waals surface area contributed by atoms with Gasteiger partial charge in [0.15, 0.2) is 11.6 Å². The fourth-order valence-corrected chi connectivity index (χ4v) is 4.05. The maximum atomic E-state index is 14.1. The molecule has 1 N–H and O–H groups in total. The first kappa shape index (κ1) is 21.4. The van der Waals surface area contributed by atoms with Crippen LogP contribution in [0.25, 0.3) is 22.0 Å². The van der Waals surface area contributed by atoms with Crippen molar-refractivity contribution in [1.82, 2.24) is 9.13 Å². The number of hydrogen-bond donors (Lipinski definition) is 1. The van der Waals surface area contributed by atoms with E-state index in [-0.39, 0.29) is 12.1 Å². The zero-order valence-electron chi connectivity index (χ0n) is 17.3. The number of aliphatic carboxylic acids is 1. The number of carboxylic acids is 1. The smallest absolute Gasteiger partial charge is 0.326 e. The molecule has 2 aromatic heterocycles. The molecule has 4 aromatic rings. The van der Waals surface area contributed by atoms with Gasteiger partial charge in [-0.2, -0.15) is 0 Å². The van der Waals surface area contributed by atoms with Crippen LogP contribution in [0.3, 0.4) is 0 Å². The fourth-order valence-electron chi connectivity index (χ4n) is 4.05. The van der Waals surface area contributed by atoms with Gasteiger partial charge in [0.1, 0.15) is 11.9 Å². The van der Waals surface area contributed by atoms with Gasteiger partial charge in [0, 0.05) is 45.6 Å². The minimum atomic E-state index is -1.05. The largest absolute Gasteiger partial charge is 0.480 e. The average Bonchev–Trinajstić information content (AvgIpc) is 3.03. The number of pyridine rings is 1. The molecule has 2 heterocycles. The minimum absolute atomic E-state index is 0.00828. The Morgan fingerprint density at radius 2 is 1.84 bits per heavy atom. The summed E-state index contributed by atoms with van der Waals surface area (Å²) in [5.41, 5.74) is 1.76. The van der Waals surface area contributed by atoms with Crippen LogP contribution in [-0.4, -0.2) is 20.2 Å². The number of fused-ring (bicyclic) bond motifs is 1. The predicted molar refractivity (Wildman–Crippen MR) is 114 cm³/mol. The van der Waals surface area contributed by atoms with Crippen molar-refractivity contribution in [2.45, 2.75) is 26.4 Å². The minimum Gasteiger partial charge on any atom is -0.480 e. The van der Waals surface area contributed by atoms with Crippen molar-refractivity contribution < 1.29 is 23.1 Å². The van der Waals surface area contributed by atoms with Gasteiger partial charge in [-0.05, 0) is 44.2 Å². The van der Waals surface area contributed by atoms with Crippen LogP contribution in [0.2, 0.25) is 0 Å². The van der Waals surface area contributed by atoms with E-state index in [1.165, 1.54) is 54.1 Å². The Morgan fingerprint density at radius 3 is 2.56 bits per heavy atom. The lowest BCUT2D eigenvalue weighted by Crippen LogP contribution is -2.20. The summed E-state index contributed by atoms with van der Waals surface area (Å²) < 4.78 is 44.6. The summed E-state index contributed by atoms with van der Waals surface area (Å²) >= 11 is 0. The second kappa shape index (κ2) is 8.03. The van der Waals surface area contributed by atoms with Crippen LogP contribution in [-0.2, 0) is 11.3 Å². The quantitative estimate of drug-likeness (QED) is 0.481. The SMILES string of the molecule is Cc1c(-c2ccc(=O)n(Cc3cccc(F)c3F)c2)c2cc(F)ccc2n1C(C)C(=O)O. The van der Waals surface area contributed by atoms with Gasteiger partial charge < -0.3 is 14.2 Å². The van der Waals surface area contributed by atoms with Gasteiger partial charge in [-0.3, -0.25) is 4.79 Å². The Bertz CT molecular complexity index is 1420. The van der Waals surface area contributed by atoms with Gasteiger partial charge in [-0.1, -0.05) is 12.1 Å². The van der Waals surface area contributed by atoms with E-state index >= 15 is 0 Å². The maximum absolute atomic E-state index is 14.1. The standard InChI is InChI=1S/C24H19F3N2O3/c1-13-22(18-10-17(25)7-8-20(18)29(13)14(2)24(31)32)15-6-9-21(30)28(11-15)12-16-4-3-5-19(26)23(16)27/h3-11,14H,12H2,1-2H3,(H,31,32). The summed E-state index contributed by atoms with van der Waals surface area (Å²) in [6.45, 7) is 3.04. The maximum Gasteiger partial charge on any atom is 0.326 e. The molecule has 0 radical (unpaired) electrons. The van der Waals surface area contributed by atoms with E-state index in [1.54, 1.807) is 17.6 Å². The monoisotopic (exact) mass is 440 g/mol. The summed E-state index contributed by atoms with van der Waals surface area (Å²) in [6.07, 6.45) is 1.48. The van der Waals surface area contributed by atoms with Crippen LogP contribution in [0.15, 0.2) is 59.5 Å². The number of halogens is 3. The first-order valence-electron chi connectivity index (χ1n) is 9.85. The van der Waals surface area contributed by atoms with Gasteiger partial charge in [0.2, 0.25) is 0 Å². The van der Waals surface area contributed by atoms with Gasteiger partial charge in [-0.15, -0.1) is 0 Å². The van der Waals surface area contributed by atoms with Crippen LogP contribution < -0.4 is 5.56 Å². The molecule has 32 heavy (non-hydrogen) atoms. The zero-order chi connectivity index (χ0) is 23.2. The number of carboxylic acid groups (broad SMARTS) is 1. The lowest BCUT2D eigenvalue weighted by atomic mass is 10.0. The van der Waals surface area contributed by atoms with E-state index in [9.17, 15) is 27.9 Å². The molecule has 2 aromatic carbocycles. The molecule has 0 aliphatic rings.